The second kappa shape index (κ2) is 12.8. The molecule has 3 aromatic carbocycles. The summed E-state index contributed by atoms with van der Waals surface area (Å²) in [5.74, 6) is 1.87. The Morgan fingerprint density at radius 3 is 1.72 bits per heavy atom. The molecule has 0 saturated heterocycles. The predicted octanol–water partition coefficient (Wildman–Crippen LogP) is 8.09. The van der Waals surface area contributed by atoms with E-state index in [-0.39, 0.29) is 0 Å². The van der Waals surface area contributed by atoms with Crippen LogP contribution in [0.3, 0.4) is 0 Å². The summed E-state index contributed by atoms with van der Waals surface area (Å²) in [7, 11) is 0. The molecule has 0 amide bonds. The second-order valence-electron chi connectivity index (χ2n) is 8.56. The number of hydrogen-bond acceptors (Lipinski definition) is 2. The van der Waals surface area contributed by atoms with Crippen LogP contribution >= 0.6 is 0 Å². The van der Waals surface area contributed by atoms with Crippen LogP contribution in [0, 0.1) is 0 Å². The number of rotatable bonds is 12. The summed E-state index contributed by atoms with van der Waals surface area (Å²) in [5.41, 5.74) is 6.04. The highest BCUT2D eigenvalue weighted by Crippen LogP contribution is 2.34. The molecule has 0 aliphatic rings. The molecule has 0 heterocycles. The minimum absolute atomic E-state index is 0.555. The summed E-state index contributed by atoms with van der Waals surface area (Å²) in [6, 6.07) is 25.2. The summed E-state index contributed by atoms with van der Waals surface area (Å²) in [5, 5.41) is 0. The quantitative estimate of drug-likeness (QED) is 0.214. The minimum atomic E-state index is 0.555. The van der Waals surface area contributed by atoms with Crippen LogP contribution in [0.15, 0.2) is 84.4 Å². The van der Waals surface area contributed by atoms with Gasteiger partial charge in [-0.3, -0.25) is 0 Å². The molecule has 32 heavy (non-hydrogen) atoms. The average Bonchev–Trinajstić information content (AvgIpc) is 2.82. The Morgan fingerprint density at radius 2 is 1.25 bits per heavy atom. The predicted molar refractivity (Wildman–Crippen MR) is 134 cm³/mol. The van der Waals surface area contributed by atoms with Crippen LogP contribution in [0.5, 0.6) is 11.5 Å². The number of aryl methyl sites for hydroxylation is 1. The fourth-order valence-electron chi connectivity index (χ4n) is 3.63. The van der Waals surface area contributed by atoms with Gasteiger partial charge in [-0.15, -0.1) is 0 Å². The molecular formula is C30H36O2. The molecule has 0 bridgehead atoms. The molecular weight excluding hydrogens is 392 g/mol. The molecule has 0 unspecified atom stereocenters. The van der Waals surface area contributed by atoms with Gasteiger partial charge in [0.15, 0.2) is 0 Å². The summed E-state index contributed by atoms with van der Waals surface area (Å²) < 4.78 is 12.8. The van der Waals surface area contributed by atoms with Gasteiger partial charge in [0.1, 0.15) is 24.7 Å². The number of ether oxygens (including phenoxy) is 2. The summed E-state index contributed by atoms with van der Waals surface area (Å²) in [6.07, 6.45) is 7.72. The Labute approximate surface area is 193 Å². The molecule has 0 fully saturated rings. The van der Waals surface area contributed by atoms with Gasteiger partial charge in [-0.25, -0.2) is 0 Å². The van der Waals surface area contributed by atoms with Crippen molar-refractivity contribution in [3.05, 3.63) is 107 Å². The highest BCUT2D eigenvalue weighted by atomic mass is 16.5. The van der Waals surface area contributed by atoms with Gasteiger partial charge in [0.2, 0.25) is 0 Å². The molecule has 0 radical (unpaired) electrons. The van der Waals surface area contributed by atoms with Crippen LogP contribution < -0.4 is 9.47 Å². The highest BCUT2D eigenvalue weighted by Gasteiger charge is 2.14. The molecule has 3 aromatic rings. The van der Waals surface area contributed by atoms with Crippen LogP contribution in [-0.4, -0.2) is 0 Å². The van der Waals surface area contributed by atoms with E-state index >= 15 is 0 Å². The van der Waals surface area contributed by atoms with Crippen LogP contribution in [-0.2, 0) is 26.1 Å². The zero-order chi connectivity index (χ0) is 22.6. The molecule has 0 aromatic heterocycles. The first-order valence-electron chi connectivity index (χ1n) is 11.8. The Kier molecular flexibility index (Phi) is 9.43. The summed E-state index contributed by atoms with van der Waals surface area (Å²) >= 11 is 0. The van der Waals surface area contributed by atoms with Crippen molar-refractivity contribution in [2.75, 3.05) is 0 Å². The topological polar surface area (TPSA) is 18.5 Å². The van der Waals surface area contributed by atoms with Gasteiger partial charge in [0.25, 0.3) is 0 Å². The second-order valence-corrected chi connectivity index (χ2v) is 8.56. The Balaban J connectivity index is 1.91. The molecule has 0 atom stereocenters. The van der Waals surface area contributed by atoms with E-state index in [9.17, 15) is 0 Å². The van der Waals surface area contributed by atoms with Gasteiger partial charge < -0.3 is 9.47 Å². The third-order valence-corrected chi connectivity index (χ3v) is 5.49. The van der Waals surface area contributed by atoms with E-state index in [1.807, 2.05) is 12.1 Å². The van der Waals surface area contributed by atoms with E-state index in [0.29, 0.717) is 13.2 Å². The number of hydrogen-bond donors (Lipinski definition) is 0. The lowest BCUT2D eigenvalue weighted by molar-refractivity contribution is 0.284. The van der Waals surface area contributed by atoms with Crippen molar-refractivity contribution in [1.29, 1.82) is 0 Å². The molecule has 0 saturated carbocycles. The van der Waals surface area contributed by atoms with Crippen molar-refractivity contribution in [2.24, 2.45) is 0 Å². The minimum Gasteiger partial charge on any atom is -0.488 e. The van der Waals surface area contributed by atoms with Gasteiger partial charge in [-0.05, 0) is 61.9 Å². The molecule has 2 heteroatoms. The first-order valence-corrected chi connectivity index (χ1v) is 11.8. The van der Waals surface area contributed by atoms with Gasteiger partial charge in [0, 0.05) is 5.56 Å². The van der Waals surface area contributed by atoms with E-state index in [2.05, 4.69) is 87.5 Å². The standard InChI is InChI=1S/C30H36O2/c1-4-5-8-17-27-20-29(31-22-25-13-9-6-10-14-25)28(19-18-24(2)3)30(21-27)32-23-26-15-11-7-12-16-26/h6-7,9-16,18,20-21H,4-5,8,17,19,22-23H2,1-3H3. The van der Waals surface area contributed by atoms with Gasteiger partial charge >= 0.3 is 0 Å². The van der Waals surface area contributed by atoms with Crippen LogP contribution in [0.2, 0.25) is 0 Å². The lowest BCUT2D eigenvalue weighted by Crippen LogP contribution is -2.04. The zero-order valence-electron chi connectivity index (χ0n) is 19.8. The van der Waals surface area contributed by atoms with Crippen molar-refractivity contribution in [3.63, 3.8) is 0 Å². The number of benzene rings is 3. The molecule has 2 nitrogen and oxygen atoms in total. The zero-order valence-corrected chi connectivity index (χ0v) is 19.8. The average molecular weight is 429 g/mol. The van der Waals surface area contributed by atoms with Gasteiger partial charge in [0.05, 0.1) is 0 Å². The number of unbranched alkanes of at least 4 members (excludes halogenated alkanes) is 2. The fourth-order valence-corrected chi connectivity index (χ4v) is 3.63. The molecule has 0 spiro atoms. The molecule has 0 N–H and O–H groups in total. The fraction of sp³-hybridized carbons (Fsp3) is 0.333. The smallest absolute Gasteiger partial charge is 0.127 e. The lowest BCUT2D eigenvalue weighted by atomic mass is 10.0. The Hall–Kier alpha value is -3.00. The number of allylic oxidation sites excluding steroid dienone is 2. The maximum Gasteiger partial charge on any atom is 0.127 e. The van der Waals surface area contributed by atoms with E-state index in [1.165, 1.54) is 41.5 Å². The van der Waals surface area contributed by atoms with E-state index in [0.717, 1.165) is 29.9 Å². The molecule has 0 aliphatic carbocycles. The van der Waals surface area contributed by atoms with Crippen LogP contribution in [0.1, 0.15) is 62.3 Å². The largest absolute Gasteiger partial charge is 0.488 e. The van der Waals surface area contributed by atoms with Crippen LogP contribution in [0.4, 0.5) is 0 Å². The Morgan fingerprint density at radius 1 is 0.719 bits per heavy atom. The normalized spacial score (nSPS) is 10.6. The molecule has 0 aliphatic heterocycles. The van der Waals surface area contributed by atoms with Gasteiger partial charge in [-0.2, -0.15) is 0 Å². The SMILES string of the molecule is CCCCCc1cc(OCc2ccccc2)c(CC=C(C)C)c(OCc2ccccc2)c1. The monoisotopic (exact) mass is 428 g/mol. The van der Waals surface area contributed by atoms with Crippen molar-refractivity contribution in [1.82, 2.24) is 0 Å². The third kappa shape index (κ3) is 7.60. The van der Waals surface area contributed by atoms with Gasteiger partial charge in [-0.1, -0.05) is 92.1 Å². The van der Waals surface area contributed by atoms with E-state index in [4.69, 9.17) is 9.47 Å². The summed E-state index contributed by atoms with van der Waals surface area (Å²) in [6.45, 7) is 7.62. The maximum absolute atomic E-state index is 6.39. The van der Waals surface area contributed by atoms with Crippen LogP contribution in [0.25, 0.3) is 0 Å². The van der Waals surface area contributed by atoms with Crippen molar-refractivity contribution in [2.45, 2.75) is 66.1 Å². The molecule has 168 valence electrons. The first-order chi connectivity index (χ1) is 15.7. The molecule has 3 rings (SSSR count). The lowest BCUT2D eigenvalue weighted by Gasteiger charge is -2.18. The maximum atomic E-state index is 6.39. The highest BCUT2D eigenvalue weighted by molar-refractivity contribution is 5.49. The Bertz CT molecular complexity index is 906. The van der Waals surface area contributed by atoms with E-state index < -0.39 is 0 Å². The van der Waals surface area contributed by atoms with Crippen molar-refractivity contribution in [3.8, 4) is 11.5 Å². The van der Waals surface area contributed by atoms with Crippen molar-refractivity contribution < 1.29 is 9.47 Å². The first kappa shape index (κ1) is 23.7. The van der Waals surface area contributed by atoms with E-state index in [1.54, 1.807) is 0 Å². The summed E-state index contributed by atoms with van der Waals surface area (Å²) in [4.78, 5) is 0. The third-order valence-electron chi connectivity index (χ3n) is 5.49. The van der Waals surface area contributed by atoms with Crippen molar-refractivity contribution >= 4 is 0 Å².